The standard InChI is InChI=1S/C27H28ClN5O3/c28-23-15-21(33-14-6-13-29-33)11-12-22(23)27(36)32-18-26(35)31(16-19-7-4-5-10-24(19)32)17-25(34)30-20-8-2-1-3-9-20/h4-7,10-15,20H,1-3,8-9,16-18H2,(H,30,34). The van der Waals surface area contributed by atoms with E-state index in [1.54, 1.807) is 41.3 Å². The van der Waals surface area contributed by atoms with Gasteiger partial charge in [0.1, 0.15) is 6.54 Å². The molecular weight excluding hydrogens is 478 g/mol. The van der Waals surface area contributed by atoms with E-state index in [1.165, 1.54) is 16.2 Å². The van der Waals surface area contributed by atoms with Crippen LogP contribution < -0.4 is 10.2 Å². The van der Waals surface area contributed by atoms with Crippen molar-refractivity contribution in [3.63, 3.8) is 0 Å². The van der Waals surface area contributed by atoms with Crippen LogP contribution in [0.25, 0.3) is 5.69 Å². The summed E-state index contributed by atoms with van der Waals surface area (Å²) in [5, 5.41) is 7.54. The molecule has 3 amide bonds. The Labute approximate surface area is 214 Å². The maximum absolute atomic E-state index is 13.6. The lowest BCUT2D eigenvalue weighted by Crippen LogP contribution is -2.46. The fourth-order valence-electron chi connectivity index (χ4n) is 4.93. The van der Waals surface area contributed by atoms with Gasteiger partial charge in [-0.25, -0.2) is 4.68 Å². The van der Waals surface area contributed by atoms with Crippen LogP contribution in [0.4, 0.5) is 5.69 Å². The van der Waals surface area contributed by atoms with Gasteiger partial charge < -0.3 is 10.2 Å². The highest BCUT2D eigenvalue weighted by molar-refractivity contribution is 6.35. The first-order valence-corrected chi connectivity index (χ1v) is 12.6. The van der Waals surface area contributed by atoms with Gasteiger partial charge >= 0.3 is 0 Å². The zero-order chi connectivity index (χ0) is 25.1. The average Bonchev–Trinajstić information content (AvgIpc) is 3.38. The summed E-state index contributed by atoms with van der Waals surface area (Å²) in [7, 11) is 0. The molecule has 2 aromatic carbocycles. The van der Waals surface area contributed by atoms with E-state index >= 15 is 0 Å². The lowest BCUT2D eigenvalue weighted by atomic mass is 9.95. The lowest BCUT2D eigenvalue weighted by molar-refractivity contribution is -0.135. The van der Waals surface area contributed by atoms with Gasteiger partial charge in [0.25, 0.3) is 5.91 Å². The van der Waals surface area contributed by atoms with Crippen molar-refractivity contribution in [2.45, 2.75) is 44.7 Å². The minimum Gasteiger partial charge on any atom is -0.352 e. The molecule has 0 unspecified atom stereocenters. The molecule has 1 saturated carbocycles. The average molecular weight is 506 g/mol. The van der Waals surface area contributed by atoms with E-state index in [-0.39, 0.29) is 48.4 Å². The van der Waals surface area contributed by atoms with Gasteiger partial charge in [0.05, 0.1) is 22.8 Å². The van der Waals surface area contributed by atoms with Crippen LogP contribution in [0.5, 0.6) is 0 Å². The van der Waals surface area contributed by atoms with Crippen molar-refractivity contribution in [2.24, 2.45) is 0 Å². The summed E-state index contributed by atoms with van der Waals surface area (Å²) in [6, 6.07) is 14.4. The number of fused-ring (bicyclic) bond motifs is 1. The summed E-state index contributed by atoms with van der Waals surface area (Å²) in [6.07, 6.45) is 8.83. The van der Waals surface area contributed by atoms with E-state index in [2.05, 4.69) is 10.4 Å². The largest absolute Gasteiger partial charge is 0.352 e. The number of benzene rings is 2. The van der Waals surface area contributed by atoms with Gasteiger partial charge in [-0.05, 0) is 48.7 Å². The summed E-state index contributed by atoms with van der Waals surface area (Å²) in [5.74, 6) is -0.825. The number of amides is 3. The van der Waals surface area contributed by atoms with Crippen molar-refractivity contribution in [1.82, 2.24) is 20.0 Å². The maximum Gasteiger partial charge on any atom is 0.260 e. The van der Waals surface area contributed by atoms with Crippen LogP contribution in [0.2, 0.25) is 5.02 Å². The zero-order valence-corrected chi connectivity index (χ0v) is 20.7. The highest BCUT2D eigenvalue weighted by Gasteiger charge is 2.31. The Kier molecular flexibility index (Phi) is 7.04. The Morgan fingerprint density at radius 2 is 1.83 bits per heavy atom. The zero-order valence-electron chi connectivity index (χ0n) is 19.9. The normalized spacial score (nSPS) is 16.4. The van der Waals surface area contributed by atoms with Crippen LogP contribution in [0.1, 0.15) is 48.0 Å². The fourth-order valence-corrected chi connectivity index (χ4v) is 5.18. The third kappa shape index (κ3) is 5.14. The second-order valence-corrected chi connectivity index (χ2v) is 9.69. The Bertz CT molecular complexity index is 1270. The Balaban J connectivity index is 1.36. The fraction of sp³-hybridized carbons (Fsp3) is 0.333. The highest BCUT2D eigenvalue weighted by Crippen LogP contribution is 2.29. The number of hydrogen-bond acceptors (Lipinski definition) is 4. The lowest BCUT2D eigenvalue weighted by Gasteiger charge is -2.25. The highest BCUT2D eigenvalue weighted by atomic mass is 35.5. The molecule has 5 rings (SSSR count). The maximum atomic E-state index is 13.6. The van der Waals surface area contributed by atoms with Crippen LogP contribution >= 0.6 is 11.6 Å². The number of hydrogen-bond donors (Lipinski definition) is 1. The van der Waals surface area contributed by atoms with Crippen molar-refractivity contribution in [2.75, 3.05) is 18.0 Å². The molecule has 2 heterocycles. The first-order valence-electron chi connectivity index (χ1n) is 12.3. The topological polar surface area (TPSA) is 87.5 Å². The first-order chi connectivity index (χ1) is 17.5. The van der Waals surface area contributed by atoms with E-state index in [1.807, 2.05) is 24.3 Å². The summed E-state index contributed by atoms with van der Waals surface area (Å²) >= 11 is 6.52. The van der Waals surface area contributed by atoms with Crippen LogP contribution in [-0.4, -0.2) is 51.5 Å². The molecule has 0 saturated heterocycles. The van der Waals surface area contributed by atoms with Crippen molar-refractivity contribution < 1.29 is 14.4 Å². The summed E-state index contributed by atoms with van der Waals surface area (Å²) in [4.78, 5) is 42.6. The third-order valence-corrected chi connectivity index (χ3v) is 7.10. The number of anilines is 1. The van der Waals surface area contributed by atoms with Gasteiger partial charge in [0.15, 0.2) is 0 Å². The number of para-hydroxylation sites is 1. The molecule has 0 radical (unpaired) electrons. The van der Waals surface area contributed by atoms with Gasteiger partial charge in [0, 0.05) is 30.7 Å². The second-order valence-electron chi connectivity index (χ2n) is 9.29. The Hall–Kier alpha value is -3.65. The molecule has 0 atom stereocenters. The molecule has 8 nitrogen and oxygen atoms in total. The number of carbonyl (C=O) groups excluding carboxylic acids is 3. The predicted molar refractivity (Wildman–Crippen MR) is 137 cm³/mol. The molecule has 9 heteroatoms. The van der Waals surface area contributed by atoms with E-state index in [0.717, 1.165) is 36.9 Å². The van der Waals surface area contributed by atoms with Crippen molar-refractivity contribution >= 4 is 35.0 Å². The Morgan fingerprint density at radius 1 is 1.03 bits per heavy atom. The number of carbonyl (C=O) groups is 3. The van der Waals surface area contributed by atoms with Crippen LogP contribution in [0.3, 0.4) is 0 Å². The van der Waals surface area contributed by atoms with E-state index in [0.29, 0.717) is 11.3 Å². The molecule has 0 spiro atoms. The smallest absolute Gasteiger partial charge is 0.260 e. The summed E-state index contributed by atoms with van der Waals surface area (Å²) < 4.78 is 1.65. The molecule has 1 fully saturated rings. The van der Waals surface area contributed by atoms with Gasteiger partial charge in [-0.2, -0.15) is 5.10 Å². The number of nitrogens with one attached hydrogen (secondary N) is 1. The summed E-state index contributed by atoms with van der Waals surface area (Å²) in [6.45, 7) is 0.0393. The van der Waals surface area contributed by atoms with Crippen molar-refractivity contribution in [1.29, 1.82) is 0 Å². The monoisotopic (exact) mass is 505 g/mol. The minimum absolute atomic E-state index is 0.0367. The molecule has 0 bridgehead atoms. The number of nitrogens with zero attached hydrogens (tertiary/aromatic N) is 4. The van der Waals surface area contributed by atoms with Gasteiger partial charge in [0.2, 0.25) is 11.8 Å². The number of aromatic nitrogens is 2. The number of rotatable bonds is 5. The molecule has 36 heavy (non-hydrogen) atoms. The molecular formula is C27H28ClN5O3. The molecule has 1 aliphatic heterocycles. The number of halogens is 1. The molecule has 186 valence electrons. The quantitative estimate of drug-likeness (QED) is 0.568. The van der Waals surface area contributed by atoms with Crippen molar-refractivity contribution in [3.05, 3.63) is 77.1 Å². The van der Waals surface area contributed by atoms with Gasteiger partial charge in [-0.3, -0.25) is 19.3 Å². The van der Waals surface area contributed by atoms with Crippen molar-refractivity contribution in [3.8, 4) is 5.69 Å². The molecule has 2 aliphatic rings. The van der Waals surface area contributed by atoms with E-state index in [4.69, 9.17) is 11.6 Å². The molecule has 1 aliphatic carbocycles. The van der Waals surface area contributed by atoms with Crippen LogP contribution in [-0.2, 0) is 16.1 Å². The first kappa shape index (κ1) is 24.1. The SMILES string of the molecule is O=C(CN1Cc2ccccc2N(C(=O)c2ccc(-n3cccn3)cc2Cl)CC1=O)NC1CCCCC1. The minimum atomic E-state index is -0.374. The van der Waals surface area contributed by atoms with Gasteiger partial charge in [-0.15, -0.1) is 0 Å². The summed E-state index contributed by atoms with van der Waals surface area (Å²) in [5.41, 5.74) is 2.45. The predicted octanol–water partition coefficient (Wildman–Crippen LogP) is 3.96. The molecule has 1 aromatic heterocycles. The Morgan fingerprint density at radius 3 is 2.58 bits per heavy atom. The second kappa shape index (κ2) is 10.5. The van der Waals surface area contributed by atoms with E-state index < -0.39 is 0 Å². The molecule has 1 N–H and O–H groups in total. The van der Waals surface area contributed by atoms with Crippen LogP contribution in [0, 0.1) is 0 Å². The third-order valence-electron chi connectivity index (χ3n) is 6.79. The van der Waals surface area contributed by atoms with Gasteiger partial charge in [-0.1, -0.05) is 49.1 Å². The molecule has 3 aromatic rings. The van der Waals surface area contributed by atoms with E-state index in [9.17, 15) is 14.4 Å². The van der Waals surface area contributed by atoms with Crippen LogP contribution in [0.15, 0.2) is 60.9 Å².